The van der Waals surface area contributed by atoms with Gasteiger partial charge >= 0.3 is 5.97 Å². The molecule has 6 heteroatoms. The Morgan fingerprint density at radius 1 is 1.18 bits per heavy atom. The quantitative estimate of drug-likeness (QED) is 0.946. The molecule has 1 aliphatic rings. The number of amides is 1. The number of hydrogen-bond acceptors (Lipinski definition) is 3. The summed E-state index contributed by atoms with van der Waals surface area (Å²) in [4.78, 5) is 26.1. The number of aliphatic carboxylic acids is 1. The van der Waals surface area contributed by atoms with Crippen LogP contribution in [0.2, 0.25) is 0 Å². The Balaban J connectivity index is 1.85. The molecule has 1 saturated heterocycles. The van der Waals surface area contributed by atoms with E-state index in [1.165, 1.54) is 23.5 Å². The molecule has 0 radical (unpaired) electrons. The number of halogens is 1. The summed E-state index contributed by atoms with van der Waals surface area (Å²) in [5.41, 5.74) is 0.746. The zero-order chi connectivity index (χ0) is 15.7. The van der Waals surface area contributed by atoms with Crippen molar-refractivity contribution in [1.29, 1.82) is 0 Å². The highest BCUT2D eigenvalue weighted by Gasteiger charge is 2.40. The minimum Gasteiger partial charge on any atom is -0.481 e. The molecule has 22 heavy (non-hydrogen) atoms. The lowest BCUT2D eigenvalue weighted by molar-refractivity contribution is -0.141. The van der Waals surface area contributed by atoms with Crippen molar-refractivity contribution in [2.24, 2.45) is 5.92 Å². The highest BCUT2D eigenvalue weighted by Crippen LogP contribution is 2.34. The van der Waals surface area contributed by atoms with Gasteiger partial charge in [0.25, 0.3) is 5.91 Å². The number of thiophene rings is 1. The predicted octanol–water partition coefficient (Wildman–Crippen LogP) is 2.83. The van der Waals surface area contributed by atoms with Gasteiger partial charge in [0, 0.05) is 19.0 Å². The fourth-order valence-corrected chi connectivity index (χ4v) is 3.51. The van der Waals surface area contributed by atoms with Gasteiger partial charge in [0.1, 0.15) is 5.82 Å². The lowest BCUT2D eigenvalue weighted by Gasteiger charge is -2.15. The zero-order valence-corrected chi connectivity index (χ0v) is 12.4. The molecule has 1 N–H and O–H groups in total. The minimum atomic E-state index is -0.934. The van der Waals surface area contributed by atoms with Crippen LogP contribution in [-0.2, 0) is 4.79 Å². The van der Waals surface area contributed by atoms with E-state index in [9.17, 15) is 19.1 Å². The van der Waals surface area contributed by atoms with Crippen LogP contribution >= 0.6 is 11.3 Å². The molecule has 0 bridgehead atoms. The molecule has 3 rings (SSSR count). The third-order valence-corrected chi connectivity index (χ3v) is 4.81. The molecule has 0 aliphatic carbocycles. The van der Waals surface area contributed by atoms with Crippen molar-refractivity contribution in [1.82, 2.24) is 4.90 Å². The summed E-state index contributed by atoms with van der Waals surface area (Å²) in [7, 11) is 0. The summed E-state index contributed by atoms with van der Waals surface area (Å²) in [6, 6.07) is 9.34. The molecule has 0 saturated carbocycles. The number of benzene rings is 1. The third kappa shape index (κ3) is 2.74. The number of carboxylic acid groups (broad SMARTS) is 1. The molecule has 2 atom stereocenters. The monoisotopic (exact) mass is 319 g/mol. The molecule has 1 amide bonds. The Bertz CT molecular complexity index is 684. The van der Waals surface area contributed by atoms with Crippen LogP contribution in [0, 0.1) is 11.7 Å². The Labute approximate surface area is 130 Å². The largest absolute Gasteiger partial charge is 0.481 e. The van der Waals surface area contributed by atoms with Crippen LogP contribution in [0.3, 0.4) is 0 Å². The van der Waals surface area contributed by atoms with Gasteiger partial charge in [-0.3, -0.25) is 9.59 Å². The van der Waals surface area contributed by atoms with E-state index in [2.05, 4.69) is 0 Å². The number of carbonyl (C=O) groups excluding carboxylic acids is 1. The smallest absolute Gasteiger partial charge is 0.308 e. The second-order valence-corrected chi connectivity index (χ2v) is 6.24. The maximum absolute atomic E-state index is 13.0. The van der Waals surface area contributed by atoms with Crippen molar-refractivity contribution in [2.75, 3.05) is 13.1 Å². The molecular formula is C16H14FNO3S. The van der Waals surface area contributed by atoms with E-state index in [1.807, 2.05) is 5.38 Å². The van der Waals surface area contributed by atoms with E-state index in [0.29, 0.717) is 11.4 Å². The summed E-state index contributed by atoms with van der Waals surface area (Å²) in [6.45, 7) is 0.507. The highest BCUT2D eigenvalue weighted by atomic mass is 32.1. The SMILES string of the molecule is O=C(O)[C@H]1CN(C(=O)c2cccs2)C[C@@H]1c1ccc(F)cc1. The molecule has 0 spiro atoms. The molecule has 2 aromatic rings. The van der Waals surface area contributed by atoms with Crippen LogP contribution in [0.5, 0.6) is 0 Å². The first-order valence-electron chi connectivity index (χ1n) is 6.87. The first kappa shape index (κ1) is 14.7. The number of likely N-dealkylation sites (tertiary alicyclic amines) is 1. The van der Waals surface area contributed by atoms with Gasteiger partial charge in [0.15, 0.2) is 0 Å². The van der Waals surface area contributed by atoms with Crippen LogP contribution in [0.4, 0.5) is 4.39 Å². The number of carbonyl (C=O) groups is 2. The van der Waals surface area contributed by atoms with Gasteiger partial charge in [-0.15, -0.1) is 11.3 Å². The topological polar surface area (TPSA) is 57.6 Å². The van der Waals surface area contributed by atoms with Crippen molar-refractivity contribution in [3.63, 3.8) is 0 Å². The van der Waals surface area contributed by atoms with Gasteiger partial charge < -0.3 is 10.0 Å². The molecule has 1 aromatic heterocycles. The molecule has 0 unspecified atom stereocenters. The predicted molar refractivity (Wildman–Crippen MR) is 80.5 cm³/mol. The molecule has 4 nitrogen and oxygen atoms in total. The van der Waals surface area contributed by atoms with Crippen LogP contribution < -0.4 is 0 Å². The Morgan fingerprint density at radius 2 is 1.91 bits per heavy atom. The van der Waals surface area contributed by atoms with E-state index in [4.69, 9.17) is 0 Å². The average molecular weight is 319 g/mol. The number of rotatable bonds is 3. The molecule has 1 fully saturated rings. The van der Waals surface area contributed by atoms with E-state index in [0.717, 1.165) is 5.56 Å². The standard InChI is InChI=1S/C16H14FNO3S/c17-11-5-3-10(4-6-11)12-8-18(9-13(12)16(20)21)15(19)14-2-1-7-22-14/h1-7,12-13H,8-9H2,(H,20,21)/t12-,13+/m1/s1. The normalized spacial score (nSPS) is 21.0. The van der Waals surface area contributed by atoms with Gasteiger partial charge in [-0.2, -0.15) is 0 Å². The first-order chi connectivity index (χ1) is 10.6. The summed E-state index contributed by atoms with van der Waals surface area (Å²) in [5.74, 6) is -2.43. The summed E-state index contributed by atoms with van der Waals surface area (Å²) >= 11 is 1.34. The van der Waals surface area contributed by atoms with Crippen LogP contribution in [0.25, 0.3) is 0 Å². The van der Waals surface area contributed by atoms with Crippen LogP contribution in [0.15, 0.2) is 41.8 Å². The summed E-state index contributed by atoms with van der Waals surface area (Å²) in [6.07, 6.45) is 0. The summed E-state index contributed by atoms with van der Waals surface area (Å²) < 4.78 is 13.0. The van der Waals surface area contributed by atoms with Crippen molar-refractivity contribution in [3.8, 4) is 0 Å². The molecule has 114 valence electrons. The zero-order valence-electron chi connectivity index (χ0n) is 11.6. The van der Waals surface area contributed by atoms with Gasteiger partial charge in [-0.05, 0) is 29.1 Å². The number of carboxylic acids is 1. The molecule has 1 aliphatic heterocycles. The fourth-order valence-electron chi connectivity index (χ4n) is 2.82. The van der Waals surface area contributed by atoms with E-state index >= 15 is 0 Å². The van der Waals surface area contributed by atoms with Crippen molar-refractivity contribution >= 4 is 23.2 Å². The third-order valence-electron chi connectivity index (χ3n) is 3.95. The Morgan fingerprint density at radius 3 is 2.50 bits per heavy atom. The first-order valence-corrected chi connectivity index (χ1v) is 7.75. The maximum Gasteiger partial charge on any atom is 0.308 e. The number of hydrogen-bond donors (Lipinski definition) is 1. The van der Waals surface area contributed by atoms with Crippen LogP contribution in [0.1, 0.15) is 21.2 Å². The van der Waals surface area contributed by atoms with E-state index in [1.54, 1.807) is 29.2 Å². The highest BCUT2D eigenvalue weighted by molar-refractivity contribution is 7.12. The van der Waals surface area contributed by atoms with E-state index in [-0.39, 0.29) is 24.2 Å². The number of nitrogens with zero attached hydrogens (tertiary/aromatic N) is 1. The average Bonchev–Trinajstić information content (AvgIpc) is 3.17. The van der Waals surface area contributed by atoms with Crippen LogP contribution in [-0.4, -0.2) is 35.0 Å². The molecule has 1 aromatic carbocycles. The van der Waals surface area contributed by atoms with Gasteiger partial charge in [-0.1, -0.05) is 18.2 Å². The fraction of sp³-hybridized carbons (Fsp3) is 0.250. The van der Waals surface area contributed by atoms with Crippen molar-refractivity contribution < 1.29 is 19.1 Å². The lowest BCUT2D eigenvalue weighted by atomic mass is 9.89. The van der Waals surface area contributed by atoms with E-state index < -0.39 is 11.9 Å². The Hall–Kier alpha value is -2.21. The summed E-state index contributed by atoms with van der Waals surface area (Å²) in [5, 5.41) is 11.2. The van der Waals surface area contributed by atoms with Gasteiger partial charge in [0.05, 0.1) is 10.8 Å². The molecular weight excluding hydrogens is 305 g/mol. The van der Waals surface area contributed by atoms with Crippen molar-refractivity contribution in [2.45, 2.75) is 5.92 Å². The molecule has 2 heterocycles. The second-order valence-electron chi connectivity index (χ2n) is 5.29. The lowest BCUT2D eigenvalue weighted by Crippen LogP contribution is -2.29. The van der Waals surface area contributed by atoms with Gasteiger partial charge in [0.2, 0.25) is 0 Å². The van der Waals surface area contributed by atoms with Gasteiger partial charge in [-0.25, -0.2) is 4.39 Å². The minimum absolute atomic E-state index is 0.147. The maximum atomic E-state index is 13.0. The van der Waals surface area contributed by atoms with Crippen molar-refractivity contribution in [3.05, 3.63) is 58.0 Å². The second kappa shape index (κ2) is 5.88. The Kier molecular flexibility index (Phi) is 3.94.